The first kappa shape index (κ1) is 18.2. The van der Waals surface area contributed by atoms with Gasteiger partial charge < -0.3 is 20.1 Å². The number of rotatable bonds is 7. The number of ether oxygens (including phenoxy) is 1. The molecule has 2 aromatic carbocycles. The van der Waals surface area contributed by atoms with E-state index in [9.17, 15) is 9.50 Å². The fraction of sp³-hybridized carbons (Fsp3) is 0.238. The van der Waals surface area contributed by atoms with Gasteiger partial charge in [-0.2, -0.15) is 0 Å². The first-order valence-corrected chi connectivity index (χ1v) is 9.13. The second kappa shape index (κ2) is 8.22. The number of halogens is 1. The van der Waals surface area contributed by atoms with Crippen molar-refractivity contribution in [3.63, 3.8) is 0 Å². The third kappa shape index (κ3) is 4.37. The summed E-state index contributed by atoms with van der Waals surface area (Å²) in [7, 11) is 0. The van der Waals surface area contributed by atoms with E-state index in [1.807, 2.05) is 36.4 Å². The predicted octanol–water partition coefficient (Wildman–Crippen LogP) is 3.03. The van der Waals surface area contributed by atoms with Gasteiger partial charge in [0.2, 0.25) is 0 Å². The van der Waals surface area contributed by atoms with Crippen LogP contribution in [-0.2, 0) is 0 Å². The molecule has 0 unspecified atom stereocenters. The molecule has 0 radical (unpaired) electrons. The van der Waals surface area contributed by atoms with Crippen LogP contribution >= 0.6 is 0 Å². The number of aliphatic hydroxyl groups excluding tert-OH is 1. The summed E-state index contributed by atoms with van der Waals surface area (Å²) in [5, 5.41) is 13.4. The Labute approximate surface area is 162 Å². The minimum atomic E-state index is -0.614. The Morgan fingerprint density at radius 3 is 2.61 bits per heavy atom. The van der Waals surface area contributed by atoms with E-state index in [1.54, 1.807) is 12.1 Å². The molecule has 4 rings (SSSR count). The maximum absolute atomic E-state index is 13.0. The van der Waals surface area contributed by atoms with Crippen molar-refractivity contribution in [1.29, 1.82) is 0 Å². The third-order valence-corrected chi connectivity index (χ3v) is 4.60. The lowest BCUT2D eigenvalue weighted by Crippen LogP contribution is -2.54. The van der Waals surface area contributed by atoms with E-state index in [1.165, 1.54) is 18.5 Å². The maximum Gasteiger partial charge on any atom is 0.134 e. The average molecular weight is 380 g/mol. The number of hydrogen-bond acceptors (Lipinski definition) is 6. The van der Waals surface area contributed by atoms with Gasteiger partial charge in [0.1, 0.15) is 35.6 Å². The third-order valence-electron chi connectivity index (χ3n) is 4.60. The molecule has 144 valence electrons. The summed E-state index contributed by atoms with van der Waals surface area (Å²) in [6.45, 7) is 1.75. The molecule has 1 aliphatic rings. The van der Waals surface area contributed by atoms with Gasteiger partial charge in [0.05, 0.1) is 19.2 Å². The molecular formula is C21H21FN4O2. The molecular weight excluding hydrogens is 359 g/mol. The van der Waals surface area contributed by atoms with E-state index in [4.69, 9.17) is 4.74 Å². The van der Waals surface area contributed by atoms with E-state index in [-0.39, 0.29) is 11.9 Å². The van der Waals surface area contributed by atoms with Crippen LogP contribution in [-0.4, -0.2) is 40.8 Å². The van der Waals surface area contributed by atoms with Crippen LogP contribution in [0.3, 0.4) is 0 Å². The van der Waals surface area contributed by atoms with Gasteiger partial charge in [-0.3, -0.25) is 0 Å². The van der Waals surface area contributed by atoms with Crippen molar-refractivity contribution in [3.05, 3.63) is 78.4 Å². The molecule has 1 aromatic heterocycles. The highest BCUT2D eigenvalue weighted by molar-refractivity contribution is 5.50. The Hall–Kier alpha value is -3.19. The van der Waals surface area contributed by atoms with Crippen LogP contribution < -0.4 is 15.0 Å². The van der Waals surface area contributed by atoms with Crippen molar-refractivity contribution >= 4 is 11.6 Å². The van der Waals surface area contributed by atoms with E-state index >= 15 is 0 Å². The molecule has 0 amide bonds. The van der Waals surface area contributed by atoms with Crippen LogP contribution in [0.2, 0.25) is 0 Å². The molecule has 0 saturated carbocycles. The Morgan fingerprint density at radius 2 is 1.86 bits per heavy atom. The van der Waals surface area contributed by atoms with Gasteiger partial charge in [-0.15, -0.1) is 0 Å². The minimum absolute atomic E-state index is 0.0386. The van der Waals surface area contributed by atoms with Crippen molar-refractivity contribution in [2.24, 2.45) is 0 Å². The first-order chi connectivity index (χ1) is 13.7. The highest BCUT2D eigenvalue weighted by Gasteiger charge is 2.29. The largest absolute Gasteiger partial charge is 0.487 e. The van der Waals surface area contributed by atoms with Crippen molar-refractivity contribution < 1.29 is 14.2 Å². The van der Waals surface area contributed by atoms with Gasteiger partial charge in [-0.05, 0) is 29.8 Å². The van der Waals surface area contributed by atoms with Gasteiger partial charge in [0.25, 0.3) is 0 Å². The quantitative estimate of drug-likeness (QED) is 0.657. The summed E-state index contributed by atoms with van der Waals surface area (Å²) in [6.07, 6.45) is 0.926. The summed E-state index contributed by atoms with van der Waals surface area (Å²) in [6, 6.07) is 17.4. The fourth-order valence-electron chi connectivity index (χ4n) is 3.02. The van der Waals surface area contributed by atoms with Crippen molar-refractivity contribution in [3.8, 4) is 5.75 Å². The Morgan fingerprint density at radius 1 is 1.11 bits per heavy atom. The smallest absolute Gasteiger partial charge is 0.134 e. The monoisotopic (exact) mass is 380 g/mol. The molecule has 28 heavy (non-hydrogen) atoms. The van der Waals surface area contributed by atoms with Crippen LogP contribution in [0.1, 0.15) is 11.7 Å². The Bertz CT molecular complexity index is 902. The highest BCUT2D eigenvalue weighted by atomic mass is 19.1. The molecule has 1 saturated heterocycles. The van der Waals surface area contributed by atoms with E-state index in [0.29, 0.717) is 31.2 Å². The van der Waals surface area contributed by atoms with Gasteiger partial charge in [-0.1, -0.05) is 30.3 Å². The van der Waals surface area contributed by atoms with Crippen LogP contribution in [0.15, 0.2) is 67.0 Å². The Balaban J connectivity index is 1.29. The number of hydrogen-bond donors (Lipinski definition) is 2. The number of nitrogens with one attached hydrogen (secondary N) is 1. The molecule has 6 nitrogen and oxygen atoms in total. The zero-order chi connectivity index (χ0) is 19.3. The molecule has 1 fully saturated rings. The van der Waals surface area contributed by atoms with E-state index < -0.39 is 6.10 Å². The van der Waals surface area contributed by atoms with Crippen molar-refractivity contribution in [1.82, 2.24) is 9.97 Å². The zero-order valence-electron chi connectivity index (χ0n) is 15.2. The summed E-state index contributed by atoms with van der Waals surface area (Å²) < 4.78 is 18.8. The lowest BCUT2D eigenvalue weighted by Gasteiger charge is -2.39. The molecule has 0 bridgehead atoms. The lowest BCUT2D eigenvalue weighted by atomic mass is 10.1. The van der Waals surface area contributed by atoms with Gasteiger partial charge >= 0.3 is 0 Å². The van der Waals surface area contributed by atoms with Gasteiger partial charge in [0.15, 0.2) is 0 Å². The molecule has 3 aromatic rings. The maximum atomic E-state index is 13.0. The van der Waals surface area contributed by atoms with Gasteiger partial charge in [0, 0.05) is 12.6 Å². The predicted molar refractivity (Wildman–Crippen MR) is 105 cm³/mol. The molecule has 2 N–H and O–H groups in total. The summed E-state index contributed by atoms with van der Waals surface area (Å²) >= 11 is 0. The van der Waals surface area contributed by atoms with Crippen LogP contribution in [0.25, 0.3) is 0 Å². The number of nitrogens with zero attached hydrogens (tertiary/aromatic N) is 3. The highest BCUT2D eigenvalue weighted by Crippen LogP contribution is 2.24. The summed E-state index contributed by atoms with van der Waals surface area (Å²) in [4.78, 5) is 10.6. The SMILES string of the molecule is O[C@@H](CNc1cc(N2CC(Oc3ccc(F)cc3)C2)ncn1)c1ccccc1. The normalized spacial score (nSPS) is 15.0. The molecule has 1 aliphatic heterocycles. The number of aromatic nitrogens is 2. The summed E-state index contributed by atoms with van der Waals surface area (Å²) in [5.74, 6) is 1.83. The van der Waals surface area contributed by atoms with Crippen LogP contribution in [0, 0.1) is 5.82 Å². The molecule has 0 aliphatic carbocycles. The van der Waals surface area contributed by atoms with E-state index in [2.05, 4.69) is 20.2 Å². The minimum Gasteiger partial charge on any atom is -0.487 e. The second-order valence-corrected chi connectivity index (χ2v) is 6.67. The average Bonchev–Trinajstić information content (AvgIpc) is 2.71. The number of benzene rings is 2. The van der Waals surface area contributed by atoms with E-state index in [0.717, 1.165) is 11.4 Å². The second-order valence-electron chi connectivity index (χ2n) is 6.67. The zero-order valence-corrected chi connectivity index (χ0v) is 15.2. The summed E-state index contributed by atoms with van der Waals surface area (Å²) in [5.41, 5.74) is 0.854. The number of anilines is 2. The fourth-order valence-corrected chi connectivity index (χ4v) is 3.02. The molecule has 1 atom stereocenters. The molecule has 0 spiro atoms. The number of aliphatic hydroxyl groups is 1. The van der Waals surface area contributed by atoms with Crippen LogP contribution in [0.5, 0.6) is 5.75 Å². The molecule has 7 heteroatoms. The topological polar surface area (TPSA) is 70.5 Å². The Kier molecular flexibility index (Phi) is 5.34. The van der Waals surface area contributed by atoms with Crippen LogP contribution in [0.4, 0.5) is 16.0 Å². The first-order valence-electron chi connectivity index (χ1n) is 9.13. The van der Waals surface area contributed by atoms with Crippen molar-refractivity contribution in [2.75, 3.05) is 29.9 Å². The van der Waals surface area contributed by atoms with Crippen molar-refractivity contribution in [2.45, 2.75) is 12.2 Å². The lowest BCUT2D eigenvalue weighted by molar-refractivity contribution is 0.166. The molecule has 2 heterocycles. The standard InChI is InChI=1S/C21H21FN4O2/c22-16-6-8-17(9-7-16)28-18-12-26(13-18)21-10-20(24-14-25-21)23-11-19(27)15-4-2-1-3-5-15/h1-10,14,18-19,27H,11-13H2,(H,23,24,25)/t19-/m0/s1. The van der Waals surface area contributed by atoms with Gasteiger partial charge in [-0.25, -0.2) is 14.4 Å².